The zero-order valence-corrected chi connectivity index (χ0v) is 17.6. The predicted molar refractivity (Wildman–Crippen MR) is 128 cm³/mol. The van der Waals surface area contributed by atoms with Crippen LogP contribution in [0.3, 0.4) is 0 Å². The van der Waals surface area contributed by atoms with Gasteiger partial charge in [-0.2, -0.15) is 0 Å². The number of para-hydroxylation sites is 4. The van der Waals surface area contributed by atoms with Crippen molar-refractivity contribution in [3.05, 3.63) is 96.6 Å². The summed E-state index contributed by atoms with van der Waals surface area (Å²) in [7, 11) is 0. The van der Waals surface area contributed by atoms with Crippen LogP contribution >= 0.6 is 0 Å². The van der Waals surface area contributed by atoms with Crippen LogP contribution in [-0.2, 0) is 5.41 Å². The largest absolute Gasteiger partial charge is 0.456 e. The Hall–Kier alpha value is -3.52. The molecule has 2 aromatic heterocycles. The molecule has 0 aliphatic rings. The number of rotatable bonds is 0. The van der Waals surface area contributed by atoms with Gasteiger partial charge in [-0.05, 0) is 29.2 Å². The van der Waals surface area contributed by atoms with Gasteiger partial charge in [-0.3, -0.25) is 0 Å². The molecule has 4 aromatic carbocycles. The summed E-state index contributed by atoms with van der Waals surface area (Å²) in [5, 5.41) is 5.03. The lowest BCUT2D eigenvalue weighted by Gasteiger charge is -2.19. The Morgan fingerprint density at radius 2 is 1.10 bits per heavy atom. The normalized spacial score (nSPS) is 11.8. The molecule has 0 spiro atoms. The van der Waals surface area contributed by atoms with Gasteiger partial charge < -0.3 is 9.40 Å². The van der Waals surface area contributed by atoms with Gasteiger partial charge in [0.05, 0.1) is 5.52 Å². The average Bonchev–Trinajstić information content (AvgIpc) is 3.31. The quantitative estimate of drug-likeness (QED) is 0.278. The SMILES string of the molecule is CC(C)(C)c1cccc2c1[nH]c1ccccc12.c1ccc2c(c1)oc1ccccc12. The third kappa shape index (κ3) is 3.15. The van der Waals surface area contributed by atoms with Gasteiger partial charge in [0.15, 0.2) is 0 Å². The molecule has 0 saturated heterocycles. The molecule has 0 unspecified atom stereocenters. The van der Waals surface area contributed by atoms with Crippen LogP contribution in [0.1, 0.15) is 26.3 Å². The molecule has 0 atom stereocenters. The van der Waals surface area contributed by atoms with E-state index < -0.39 is 0 Å². The summed E-state index contributed by atoms with van der Waals surface area (Å²) in [5.74, 6) is 0. The van der Waals surface area contributed by atoms with Crippen molar-refractivity contribution >= 4 is 43.7 Å². The summed E-state index contributed by atoms with van der Waals surface area (Å²) in [4.78, 5) is 3.55. The van der Waals surface area contributed by atoms with E-state index in [0.29, 0.717) is 0 Å². The maximum atomic E-state index is 5.65. The van der Waals surface area contributed by atoms with Gasteiger partial charge >= 0.3 is 0 Å². The Kier molecular flexibility index (Phi) is 4.36. The number of fused-ring (bicyclic) bond motifs is 6. The third-order valence-corrected chi connectivity index (χ3v) is 5.63. The molecule has 2 nitrogen and oxygen atoms in total. The minimum atomic E-state index is 0.167. The van der Waals surface area contributed by atoms with Crippen molar-refractivity contribution in [3.63, 3.8) is 0 Å². The van der Waals surface area contributed by atoms with Crippen LogP contribution in [0.5, 0.6) is 0 Å². The molecule has 0 radical (unpaired) electrons. The molecule has 0 bridgehead atoms. The molecule has 148 valence electrons. The minimum Gasteiger partial charge on any atom is -0.456 e. The van der Waals surface area contributed by atoms with Crippen molar-refractivity contribution in [2.45, 2.75) is 26.2 Å². The molecule has 0 fully saturated rings. The first-order chi connectivity index (χ1) is 14.5. The third-order valence-electron chi connectivity index (χ3n) is 5.63. The number of aromatic nitrogens is 1. The zero-order chi connectivity index (χ0) is 20.7. The molecular formula is C28H25NO. The van der Waals surface area contributed by atoms with E-state index in [4.69, 9.17) is 4.42 Å². The fourth-order valence-corrected chi connectivity index (χ4v) is 4.17. The molecule has 2 heteroatoms. The van der Waals surface area contributed by atoms with Crippen molar-refractivity contribution in [1.82, 2.24) is 4.98 Å². The van der Waals surface area contributed by atoms with Gasteiger partial charge in [-0.25, -0.2) is 0 Å². The van der Waals surface area contributed by atoms with Gasteiger partial charge in [0.2, 0.25) is 0 Å². The predicted octanol–water partition coefficient (Wildman–Crippen LogP) is 8.20. The van der Waals surface area contributed by atoms with Gasteiger partial charge in [-0.15, -0.1) is 0 Å². The Bertz CT molecular complexity index is 1430. The van der Waals surface area contributed by atoms with Gasteiger partial charge in [0.25, 0.3) is 0 Å². The van der Waals surface area contributed by atoms with Crippen LogP contribution in [-0.4, -0.2) is 4.98 Å². The second kappa shape index (κ2) is 7.07. The van der Waals surface area contributed by atoms with Crippen LogP contribution in [0.2, 0.25) is 0 Å². The molecule has 0 amide bonds. The molecule has 30 heavy (non-hydrogen) atoms. The number of hydrogen-bond acceptors (Lipinski definition) is 1. The van der Waals surface area contributed by atoms with Gasteiger partial charge in [0.1, 0.15) is 11.2 Å². The number of nitrogens with one attached hydrogen (secondary N) is 1. The first-order valence-electron chi connectivity index (χ1n) is 10.4. The van der Waals surface area contributed by atoms with Crippen molar-refractivity contribution < 1.29 is 4.42 Å². The smallest absolute Gasteiger partial charge is 0.135 e. The summed E-state index contributed by atoms with van der Waals surface area (Å²) in [6, 6.07) is 31.3. The fraction of sp³-hybridized carbons (Fsp3) is 0.143. The number of hydrogen-bond donors (Lipinski definition) is 1. The van der Waals surface area contributed by atoms with E-state index in [9.17, 15) is 0 Å². The highest BCUT2D eigenvalue weighted by molar-refractivity contribution is 6.08. The van der Waals surface area contributed by atoms with Crippen molar-refractivity contribution in [3.8, 4) is 0 Å². The number of furan rings is 1. The van der Waals surface area contributed by atoms with Crippen LogP contribution < -0.4 is 0 Å². The van der Waals surface area contributed by atoms with Crippen LogP contribution in [0, 0.1) is 0 Å². The Balaban J connectivity index is 0.000000133. The first-order valence-corrected chi connectivity index (χ1v) is 10.4. The first kappa shape index (κ1) is 18.5. The molecule has 0 saturated carbocycles. The van der Waals surface area contributed by atoms with E-state index in [-0.39, 0.29) is 5.41 Å². The maximum absolute atomic E-state index is 5.65. The minimum absolute atomic E-state index is 0.167. The van der Waals surface area contributed by atoms with Crippen molar-refractivity contribution in [2.75, 3.05) is 0 Å². The van der Waals surface area contributed by atoms with E-state index >= 15 is 0 Å². The summed E-state index contributed by atoms with van der Waals surface area (Å²) < 4.78 is 5.65. The molecule has 0 aliphatic carbocycles. The fourth-order valence-electron chi connectivity index (χ4n) is 4.17. The van der Waals surface area contributed by atoms with E-state index in [1.807, 2.05) is 36.4 Å². The Labute approximate surface area is 176 Å². The molecule has 0 aliphatic heterocycles. The van der Waals surface area contributed by atoms with Crippen LogP contribution in [0.4, 0.5) is 0 Å². The molecule has 6 aromatic rings. The monoisotopic (exact) mass is 391 g/mol. The lowest BCUT2D eigenvalue weighted by atomic mass is 9.86. The van der Waals surface area contributed by atoms with Gasteiger partial charge in [0, 0.05) is 27.1 Å². The van der Waals surface area contributed by atoms with Crippen LogP contribution in [0.15, 0.2) is 95.4 Å². The lowest BCUT2D eigenvalue weighted by Crippen LogP contribution is -2.11. The second-order valence-electron chi connectivity index (χ2n) is 8.74. The van der Waals surface area contributed by atoms with Gasteiger partial charge in [-0.1, -0.05) is 93.6 Å². The highest BCUT2D eigenvalue weighted by atomic mass is 16.3. The summed E-state index contributed by atoms with van der Waals surface area (Å²) >= 11 is 0. The number of H-pyrrole nitrogens is 1. The average molecular weight is 392 g/mol. The van der Waals surface area contributed by atoms with E-state index in [1.54, 1.807) is 0 Å². The highest BCUT2D eigenvalue weighted by Gasteiger charge is 2.18. The Morgan fingerprint density at radius 3 is 1.73 bits per heavy atom. The van der Waals surface area contributed by atoms with E-state index in [2.05, 4.69) is 80.4 Å². The van der Waals surface area contributed by atoms with Crippen molar-refractivity contribution in [1.29, 1.82) is 0 Å². The summed E-state index contributed by atoms with van der Waals surface area (Å²) in [5.41, 5.74) is 5.97. The molecule has 6 rings (SSSR count). The summed E-state index contributed by atoms with van der Waals surface area (Å²) in [6.45, 7) is 6.77. The Morgan fingerprint density at radius 1 is 0.567 bits per heavy atom. The molecule has 2 heterocycles. The second-order valence-corrected chi connectivity index (χ2v) is 8.74. The highest BCUT2D eigenvalue weighted by Crippen LogP contribution is 2.33. The molecule has 1 N–H and O–H groups in total. The maximum Gasteiger partial charge on any atom is 0.135 e. The topological polar surface area (TPSA) is 28.9 Å². The standard InChI is InChI=1S/C16H17N.C12H8O/c1-16(2,3)13-9-6-8-12-11-7-4-5-10-14(11)17-15(12)13;1-3-7-11-9(5-1)10-6-2-4-8-12(10)13-11/h4-10,17H,1-3H3;1-8H. The van der Waals surface area contributed by atoms with Crippen LogP contribution in [0.25, 0.3) is 43.7 Å². The number of benzene rings is 4. The van der Waals surface area contributed by atoms with E-state index in [0.717, 1.165) is 11.2 Å². The number of aromatic amines is 1. The van der Waals surface area contributed by atoms with E-state index in [1.165, 1.54) is 38.1 Å². The zero-order valence-electron chi connectivity index (χ0n) is 17.6. The summed E-state index contributed by atoms with van der Waals surface area (Å²) in [6.07, 6.45) is 0. The molecular weight excluding hydrogens is 366 g/mol. The lowest BCUT2D eigenvalue weighted by molar-refractivity contribution is 0.595. The van der Waals surface area contributed by atoms with Crippen molar-refractivity contribution in [2.24, 2.45) is 0 Å².